The summed E-state index contributed by atoms with van der Waals surface area (Å²) in [4.78, 5) is 4.20. The van der Waals surface area contributed by atoms with Gasteiger partial charge in [-0.1, -0.05) is 25.2 Å². The van der Waals surface area contributed by atoms with Crippen molar-refractivity contribution in [2.45, 2.75) is 13.8 Å². The Balaban J connectivity index is 2.17. The molecule has 19 heavy (non-hydrogen) atoms. The monoisotopic (exact) mass is 300 g/mol. The molecule has 0 aliphatic carbocycles. The van der Waals surface area contributed by atoms with Gasteiger partial charge in [0.25, 0.3) is 0 Å². The Bertz CT molecular complexity index is 679. The number of nitrogen functional groups attached to an aromatic ring is 1. The number of nitrogens with two attached hydrogens (primary N) is 1. The largest absolute Gasteiger partial charge is 0.399 e. The third kappa shape index (κ3) is 3.79. The second-order valence-corrected chi connectivity index (χ2v) is 7.12. The molecule has 0 unspecified atom stereocenters. The van der Waals surface area contributed by atoms with Crippen LogP contribution in [0.1, 0.15) is 13.8 Å². The summed E-state index contributed by atoms with van der Waals surface area (Å²) in [5.74, 6) is 0.242. The van der Waals surface area contributed by atoms with E-state index in [4.69, 9.17) is 5.73 Å². The van der Waals surface area contributed by atoms with Crippen molar-refractivity contribution in [2.75, 3.05) is 17.0 Å². The van der Waals surface area contributed by atoms with Gasteiger partial charge in [0.1, 0.15) is 0 Å². The molecule has 2 rings (SSSR count). The van der Waals surface area contributed by atoms with Crippen molar-refractivity contribution in [3.8, 4) is 0 Å². The minimum absolute atomic E-state index is 0.242. The van der Waals surface area contributed by atoms with Crippen LogP contribution in [0.5, 0.6) is 0 Å². The van der Waals surface area contributed by atoms with Gasteiger partial charge in [0.15, 0.2) is 5.13 Å². The van der Waals surface area contributed by atoms with E-state index in [9.17, 15) is 8.42 Å². The quantitative estimate of drug-likeness (QED) is 0.733. The summed E-state index contributed by atoms with van der Waals surface area (Å²) in [6.45, 7) is 4.25. The molecule has 0 atom stereocenters. The summed E-state index contributed by atoms with van der Waals surface area (Å²) in [7, 11) is -3.57. The summed E-state index contributed by atoms with van der Waals surface area (Å²) in [6.07, 6.45) is 0. The van der Waals surface area contributed by atoms with E-state index in [2.05, 4.69) is 14.4 Å². The lowest BCUT2D eigenvalue weighted by Gasteiger charge is -2.08. The van der Waals surface area contributed by atoms with Crippen LogP contribution in [0.3, 0.4) is 0 Å². The predicted molar refractivity (Wildman–Crippen MR) is 79.4 cm³/mol. The van der Waals surface area contributed by atoms with Gasteiger partial charge in [-0.3, -0.25) is 0 Å². The summed E-state index contributed by atoms with van der Waals surface area (Å²) >= 11 is 1.25. The van der Waals surface area contributed by atoms with Crippen LogP contribution in [-0.4, -0.2) is 19.9 Å². The summed E-state index contributed by atoms with van der Waals surface area (Å²) in [5, 5.41) is 0.330. The van der Waals surface area contributed by atoms with Crippen molar-refractivity contribution in [3.05, 3.63) is 18.2 Å². The molecule has 0 saturated carbocycles. The van der Waals surface area contributed by atoms with Crippen molar-refractivity contribution in [2.24, 2.45) is 5.92 Å². The predicted octanol–water partition coefficient (Wildman–Crippen LogP) is 1.78. The number of anilines is 2. The molecule has 6 nitrogen and oxygen atoms in total. The van der Waals surface area contributed by atoms with Crippen molar-refractivity contribution < 1.29 is 8.42 Å². The molecular weight excluding hydrogens is 284 g/mol. The van der Waals surface area contributed by atoms with Crippen LogP contribution in [0.15, 0.2) is 18.2 Å². The molecular formula is C11H16N4O2S2. The molecule has 0 aliphatic heterocycles. The first-order valence-electron chi connectivity index (χ1n) is 5.79. The molecule has 0 fully saturated rings. The number of nitrogens with one attached hydrogen (secondary N) is 2. The van der Waals surface area contributed by atoms with E-state index in [1.54, 1.807) is 18.2 Å². The first-order valence-corrected chi connectivity index (χ1v) is 8.09. The lowest BCUT2D eigenvalue weighted by atomic mass is 10.2. The average molecular weight is 300 g/mol. The van der Waals surface area contributed by atoms with Crippen LogP contribution in [0, 0.1) is 5.92 Å². The number of thiazole rings is 1. The zero-order valence-corrected chi connectivity index (χ0v) is 12.3. The Labute approximate surface area is 116 Å². The topological polar surface area (TPSA) is 97.1 Å². The fourth-order valence-corrected chi connectivity index (χ4v) is 3.57. The van der Waals surface area contributed by atoms with Gasteiger partial charge < -0.3 is 5.73 Å². The van der Waals surface area contributed by atoms with E-state index >= 15 is 0 Å². The van der Waals surface area contributed by atoms with Crippen LogP contribution in [-0.2, 0) is 10.2 Å². The van der Waals surface area contributed by atoms with Crippen LogP contribution in [0.4, 0.5) is 10.8 Å². The highest BCUT2D eigenvalue weighted by atomic mass is 32.2. The normalized spacial score (nSPS) is 12.2. The first-order chi connectivity index (χ1) is 8.85. The number of benzene rings is 1. The number of aromatic nitrogens is 1. The van der Waals surface area contributed by atoms with Gasteiger partial charge in [0.05, 0.1) is 10.2 Å². The summed E-state index contributed by atoms with van der Waals surface area (Å²) in [5.41, 5.74) is 7.02. The highest BCUT2D eigenvalue weighted by Crippen LogP contribution is 2.27. The molecule has 8 heteroatoms. The molecule has 1 heterocycles. The fourth-order valence-electron chi connectivity index (χ4n) is 1.41. The minimum Gasteiger partial charge on any atom is -0.399 e. The maximum atomic E-state index is 11.8. The standard InChI is InChI=1S/C11H16N4O2S2/c1-7(2)6-13-19(16,17)15-11-14-9-4-3-8(12)5-10(9)18-11/h3-5,7,13H,6,12H2,1-2H3,(H,14,15). The molecule has 0 aliphatic rings. The number of rotatable bonds is 5. The molecule has 104 valence electrons. The van der Waals surface area contributed by atoms with Crippen molar-refractivity contribution in [3.63, 3.8) is 0 Å². The van der Waals surface area contributed by atoms with E-state index in [0.29, 0.717) is 17.4 Å². The van der Waals surface area contributed by atoms with E-state index in [0.717, 1.165) is 10.2 Å². The van der Waals surface area contributed by atoms with Crippen LogP contribution < -0.4 is 15.2 Å². The first kappa shape index (κ1) is 14.0. The van der Waals surface area contributed by atoms with E-state index in [1.165, 1.54) is 11.3 Å². The Morgan fingerprint density at radius 2 is 2.16 bits per heavy atom. The van der Waals surface area contributed by atoms with Gasteiger partial charge >= 0.3 is 10.2 Å². The van der Waals surface area contributed by atoms with Gasteiger partial charge in [-0.2, -0.15) is 13.1 Å². The van der Waals surface area contributed by atoms with Crippen LogP contribution in [0.2, 0.25) is 0 Å². The Morgan fingerprint density at radius 3 is 2.84 bits per heavy atom. The van der Waals surface area contributed by atoms with Gasteiger partial charge in [-0.15, -0.1) is 0 Å². The highest BCUT2D eigenvalue weighted by Gasteiger charge is 2.13. The van der Waals surface area contributed by atoms with Crippen molar-refractivity contribution in [1.29, 1.82) is 0 Å². The number of nitrogens with zero attached hydrogens (tertiary/aromatic N) is 1. The maximum absolute atomic E-state index is 11.8. The molecule has 0 spiro atoms. The van der Waals surface area contributed by atoms with E-state index in [-0.39, 0.29) is 5.92 Å². The lowest BCUT2D eigenvalue weighted by molar-refractivity contribution is 0.565. The van der Waals surface area contributed by atoms with Crippen LogP contribution in [0.25, 0.3) is 10.2 Å². The average Bonchev–Trinajstić information content (AvgIpc) is 2.67. The molecule has 0 bridgehead atoms. The zero-order valence-electron chi connectivity index (χ0n) is 10.7. The van der Waals surface area contributed by atoms with Gasteiger partial charge in [-0.05, 0) is 24.1 Å². The molecule has 0 saturated heterocycles. The van der Waals surface area contributed by atoms with Gasteiger partial charge in [0.2, 0.25) is 0 Å². The molecule has 4 N–H and O–H groups in total. The van der Waals surface area contributed by atoms with Crippen LogP contribution >= 0.6 is 11.3 Å². The Kier molecular flexibility index (Phi) is 3.93. The minimum atomic E-state index is -3.57. The Hall–Kier alpha value is -1.38. The maximum Gasteiger partial charge on any atom is 0.300 e. The summed E-state index contributed by atoms with van der Waals surface area (Å²) in [6, 6.07) is 5.27. The van der Waals surface area contributed by atoms with E-state index in [1.807, 2.05) is 13.8 Å². The number of hydrogen-bond acceptors (Lipinski definition) is 5. The molecule has 0 amide bonds. The highest BCUT2D eigenvalue weighted by molar-refractivity contribution is 7.91. The smallest absolute Gasteiger partial charge is 0.300 e. The van der Waals surface area contributed by atoms with Crippen molar-refractivity contribution >= 4 is 42.6 Å². The Morgan fingerprint density at radius 1 is 1.42 bits per heavy atom. The second-order valence-electron chi connectivity index (χ2n) is 4.59. The van der Waals surface area contributed by atoms with Gasteiger partial charge in [0, 0.05) is 12.2 Å². The lowest BCUT2D eigenvalue weighted by Crippen LogP contribution is -2.32. The second kappa shape index (κ2) is 5.32. The molecule has 0 radical (unpaired) electrons. The zero-order chi connectivity index (χ0) is 14.0. The fraction of sp³-hybridized carbons (Fsp3) is 0.364. The van der Waals surface area contributed by atoms with Gasteiger partial charge in [-0.25, -0.2) is 9.71 Å². The van der Waals surface area contributed by atoms with E-state index < -0.39 is 10.2 Å². The molecule has 1 aromatic carbocycles. The number of hydrogen-bond donors (Lipinski definition) is 3. The third-order valence-corrected chi connectivity index (χ3v) is 4.39. The SMILES string of the molecule is CC(C)CNS(=O)(=O)Nc1nc2ccc(N)cc2s1. The van der Waals surface area contributed by atoms with Crippen molar-refractivity contribution in [1.82, 2.24) is 9.71 Å². The third-order valence-electron chi connectivity index (χ3n) is 2.32. The molecule has 2 aromatic rings. The molecule has 1 aromatic heterocycles. The summed E-state index contributed by atoms with van der Waals surface area (Å²) < 4.78 is 29.3. The number of fused-ring (bicyclic) bond motifs is 1.